The maximum absolute atomic E-state index is 10.7. The van der Waals surface area contributed by atoms with Crippen LogP contribution in [0.1, 0.15) is 49.3 Å². The molecule has 0 saturated carbocycles. The first kappa shape index (κ1) is 13.6. The third kappa shape index (κ3) is 3.33. The van der Waals surface area contributed by atoms with Crippen LogP contribution in [0.25, 0.3) is 0 Å². The zero-order valence-electron chi connectivity index (χ0n) is 11.8. The van der Waals surface area contributed by atoms with Crippen LogP contribution in [0.2, 0.25) is 0 Å². The summed E-state index contributed by atoms with van der Waals surface area (Å²) in [5.41, 5.74) is 2.77. The Morgan fingerprint density at radius 1 is 1.22 bits per heavy atom. The van der Waals surface area contributed by atoms with E-state index < -0.39 is 5.60 Å². The highest BCUT2D eigenvalue weighted by atomic mass is 16.3. The van der Waals surface area contributed by atoms with E-state index in [0.29, 0.717) is 6.04 Å². The van der Waals surface area contributed by atoms with Crippen molar-refractivity contribution in [2.24, 2.45) is 0 Å². The zero-order chi connectivity index (χ0) is 13.2. The van der Waals surface area contributed by atoms with Crippen LogP contribution in [0.3, 0.4) is 0 Å². The molecule has 18 heavy (non-hydrogen) atoms. The summed E-state index contributed by atoms with van der Waals surface area (Å²) >= 11 is 0. The number of benzene rings is 1. The molecule has 2 N–H and O–H groups in total. The van der Waals surface area contributed by atoms with Gasteiger partial charge >= 0.3 is 0 Å². The Morgan fingerprint density at radius 3 is 2.44 bits per heavy atom. The largest absolute Gasteiger partial charge is 0.385 e. The molecule has 100 valence electrons. The van der Waals surface area contributed by atoms with Gasteiger partial charge in [0.25, 0.3) is 0 Å². The lowest BCUT2D eigenvalue weighted by molar-refractivity contribution is 0.0331. The predicted octanol–water partition coefficient (Wildman–Crippen LogP) is 3.04. The Labute approximate surface area is 110 Å². The summed E-state index contributed by atoms with van der Waals surface area (Å²) in [5, 5.41) is 14.3. The van der Waals surface area contributed by atoms with E-state index in [1.165, 1.54) is 30.4 Å². The number of aryl methyl sites for hydroxylation is 2. The molecule has 0 bridgehead atoms. The van der Waals surface area contributed by atoms with E-state index >= 15 is 0 Å². The minimum absolute atomic E-state index is 0.453. The van der Waals surface area contributed by atoms with E-state index in [9.17, 15) is 5.11 Å². The molecule has 1 aromatic rings. The molecule has 0 aromatic heterocycles. The number of rotatable bonds is 3. The lowest BCUT2D eigenvalue weighted by atomic mass is 9.85. The predicted molar refractivity (Wildman–Crippen MR) is 75.7 cm³/mol. The molecule has 2 heteroatoms. The van der Waals surface area contributed by atoms with Gasteiger partial charge < -0.3 is 10.4 Å². The van der Waals surface area contributed by atoms with Gasteiger partial charge in [-0.05, 0) is 52.1 Å². The Hall–Kier alpha value is -0.860. The third-order valence-corrected chi connectivity index (χ3v) is 3.90. The monoisotopic (exact) mass is 247 g/mol. The minimum atomic E-state index is -0.730. The average Bonchev–Trinajstić information content (AvgIpc) is 2.28. The second kappa shape index (κ2) is 5.41. The highest BCUT2D eigenvalue weighted by molar-refractivity contribution is 5.32. The second-order valence-corrected chi connectivity index (χ2v) is 6.00. The first-order valence-corrected chi connectivity index (χ1v) is 7.02. The maximum atomic E-state index is 10.7. The molecule has 1 fully saturated rings. The van der Waals surface area contributed by atoms with Gasteiger partial charge in [-0.3, -0.25) is 0 Å². The van der Waals surface area contributed by atoms with E-state index in [1.54, 1.807) is 0 Å². The van der Waals surface area contributed by atoms with Gasteiger partial charge in [0.2, 0.25) is 0 Å². The molecule has 1 heterocycles. The summed E-state index contributed by atoms with van der Waals surface area (Å²) in [6, 6.07) is 6.82. The maximum Gasteiger partial charge on any atom is 0.0883 e. The fourth-order valence-electron chi connectivity index (χ4n) is 2.98. The smallest absolute Gasteiger partial charge is 0.0883 e. The molecular weight excluding hydrogens is 222 g/mol. The highest BCUT2D eigenvalue weighted by Gasteiger charge is 2.28. The van der Waals surface area contributed by atoms with Crippen molar-refractivity contribution in [3.63, 3.8) is 0 Å². The van der Waals surface area contributed by atoms with Gasteiger partial charge in [0.15, 0.2) is 0 Å². The Bertz CT molecular complexity index is 385. The van der Waals surface area contributed by atoms with Gasteiger partial charge in [-0.2, -0.15) is 0 Å². The van der Waals surface area contributed by atoms with Crippen LogP contribution in [0.4, 0.5) is 0 Å². The van der Waals surface area contributed by atoms with Crippen molar-refractivity contribution in [2.45, 2.75) is 58.1 Å². The van der Waals surface area contributed by atoms with E-state index in [2.05, 4.69) is 37.4 Å². The highest BCUT2D eigenvalue weighted by Crippen LogP contribution is 2.29. The van der Waals surface area contributed by atoms with Crippen molar-refractivity contribution in [3.05, 3.63) is 34.9 Å². The molecule has 2 rings (SSSR count). The van der Waals surface area contributed by atoms with E-state index in [1.807, 2.05) is 6.92 Å². The number of hydrogen-bond acceptors (Lipinski definition) is 2. The van der Waals surface area contributed by atoms with Crippen LogP contribution in [0.5, 0.6) is 0 Å². The molecule has 1 aliphatic heterocycles. The molecule has 2 atom stereocenters. The SMILES string of the molecule is Cc1cc(C)cc(C(C)(O)CC2CCCCN2)c1. The summed E-state index contributed by atoms with van der Waals surface area (Å²) in [6.07, 6.45) is 4.53. The lowest BCUT2D eigenvalue weighted by Gasteiger charge is -2.32. The van der Waals surface area contributed by atoms with Crippen molar-refractivity contribution < 1.29 is 5.11 Å². The normalized spacial score (nSPS) is 23.7. The summed E-state index contributed by atoms with van der Waals surface area (Å²) in [5.74, 6) is 0. The van der Waals surface area contributed by atoms with Crippen molar-refractivity contribution >= 4 is 0 Å². The molecule has 2 unspecified atom stereocenters. The first-order valence-electron chi connectivity index (χ1n) is 7.02. The quantitative estimate of drug-likeness (QED) is 0.860. The number of hydrogen-bond donors (Lipinski definition) is 2. The van der Waals surface area contributed by atoms with Crippen molar-refractivity contribution in [3.8, 4) is 0 Å². The van der Waals surface area contributed by atoms with E-state index in [4.69, 9.17) is 0 Å². The molecule has 0 radical (unpaired) electrons. The topological polar surface area (TPSA) is 32.3 Å². The molecule has 1 aromatic carbocycles. The lowest BCUT2D eigenvalue weighted by Crippen LogP contribution is -2.39. The summed E-state index contributed by atoms with van der Waals surface area (Å²) in [6.45, 7) is 7.21. The number of piperidine rings is 1. The van der Waals surface area contributed by atoms with Gasteiger partial charge in [-0.25, -0.2) is 0 Å². The van der Waals surface area contributed by atoms with Crippen LogP contribution < -0.4 is 5.32 Å². The molecule has 1 aliphatic rings. The fourth-order valence-corrected chi connectivity index (χ4v) is 2.98. The van der Waals surface area contributed by atoms with Gasteiger partial charge in [-0.15, -0.1) is 0 Å². The molecular formula is C16H25NO. The fraction of sp³-hybridized carbons (Fsp3) is 0.625. The molecule has 1 saturated heterocycles. The van der Waals surface area contributed by atoms with Gasteiger partial charge in [0, 0.05) is 6.04 Å². The molecule has 0 amide bonds. The zero-order valence-corrected chi connectivity index (χ0v) is 11.8. The first-order chi connectivity index (χ1) is 8.47. The second-order valence-electron chi connectivity index (χ2n) is 6.00. The number of aliphatic hydroxyl groups is 1. The van der Waals surface area contributed by atoms with Gasteiger partial charge in [-0.1, -0.05) is 35.7 Å². The van der Waals surface area contributed by atoms with Gasteiger partial charge in [0.1, 0.15) is 0 Å². The Kier molecular flexibility index (Phi) is 4.08. The molecule has 0 spiro atoms. The standard InChI is InChI=1S/C16H25NO/c1-12-8-13(2)10-14(9-12)16(3,18)11-15-6-4-5-7-17-15/h8-10,15,17-18H,4-7,11H2,1-3H3. The minimum Gasteiger partial charge on any atom is -0.385 e. The summed E-state index contributed by atoms with van der Waals surface area (Å²) in [7, 11) is 0. The van der Waals surface area contributed by atoms with Crippen molar-refractivity contribution in [1.82, 2.24) is 5.32 Å². The van der Waals surface area contributed by atoms with Crippen LogP contribution in [0.15, 0.2) is 18.2 Å². The van der Waals surface area contributed by atoms with E-state index in [0.717, 1.165) is 18.5 Å². The van der Waals surface area contributed by atoms with Crippen molar-refractivity contribution in [1.29, 1.82) is 0 Å². The third-order valence-electron chi connectivity index (χ3n) is 3.90. The Morgan fingerprint density at radius 2 is 1.89 bits per heavy atom. The Balaban J connectivity index is 2.13. The summed E-state index contributed by atoms with van der Waals surface area (Å²) < 4.78 is 0. The van der Waals surface area contributed by atoms with E-state index in [-0.39, 0.29) is 0 Å². The van der Waals surface area contributed by atoms with Crippen LogP contribution in [-0.4, -0.2) is 17.7 Å². The van der Waals surface area contributed by atoms with Gasteiger partial charge in [0.05, 0.1) is 5.60 Å². The summed E-state index contributed by atoms with van der Waals surface area (Å²) in [4.78, 5) is 0. The van der Waals surface area contributed by atoms with Crippen LogP contribution in [0, 0.1) is 13.8 Å². The van der Waals surface area contributed by atoms with Crippen LogP contribution in [-0.2, 0) is 5.60 Å². The number of nitrogens with one attached hydrogen (secondary N) is 1. The van der Waals surface area contributed by atoms with Crippen molar-refractivity contribution in [2.75, 3.05) is 6.54 Å². The molecule has 0 aliphatic carbocycles. The van der Waals surface area contributed by atoms with Crippen LogP contribution >= 0.6 is 0 Å². The average molecular weight is 247 g/mol. The molecule has 2 nitrogen and oxygen atoms in total.